The zero-order chi connectivity index (χ0) is 17.1. The van der Waals surface area contributed by atoms with Crippen LogP contribution in [-0.2, 0) is 11.4 Å². The molecule has 2 heterocycles. The maximum atomic E-state index is 12.6. The summed E-state index contributed by atoms with van der Waals surface area (Å²) in [6, 6.07) is 5.87. The Morgan fingerprint density at radius 1 is 1.46 bits per heavy atom. The first-order chi connectivity index (χ1) is 11.5. The molecular formula is C16H17N3O5. The highest BCUT2D eigenvalue weighted by Gasteiger charge is 2.34. The number of aryl methyl sites for hydroxylation is 1. The van der Waals surface area contributed by atoms with Crippen LogP contribution in [0.1, 0.15) is 34.9 Å². The summed E-state index contributed by atoms with van der Waals surface area (Å²) in [5, 5.41) is 12.9. The highest BCUT2D eigenvalue weighted by atomic mass is 16.5. The Morgan fingerprint density at radius 2 is 2.29 bits per heavy atom. The predicted molar refractivity (Wildman–Crippen MR) is 81.5 cm³/mol. The van der Waals surface area contributed by atoms with Crippen LogP contribution >= 0.6 is 0 Å². The second-order valence-electron chi connectivity index (χ2n) is 5.54. The first-order valence-electron chi connectivity index (χ1n) is 7.60. The van der Waals surface area contributed by atoms with E-state index in [1.807, 2.05) is 0 Å². The number of rotatable bonds is 5. The second kappa shape index (κ2) is 6.69. The summed E-state index contributed by atoms with van der Waals surface area (Å²) < 4.78 is 10.4. The summed E-state index contributed by atoms with van der Waals surface area (Å²) in [6.07, 6.45) is 1.17. The van der Waals surface area contributed by atoms with E-state index in [2.05, 4.69) is 10.1 Å². The molecule has 0 aliphatic carbocycles. The number of nitrogens with zero attached hydrogens (tertiary/aromatic N) is 3. The molecule has 3 rings (SSSR count). The molecule has 1 aliphatic rings. The lowest BCUT2D eigenvalue weighted by molar-refractivity contribution is -0.141. The molecule has 1 saturated heterocycles. The van der Waals surface area contributed by atoms with Crippen molar-refractivity contribution in [1.82, 2.24) is 15.0 Å². The van der Waals surface area contributed by atoms with Gasteiger partial charge in [-0.25, -0.2) is 4.79 Å². The van der Waals surface area contributed by atoms with Crippen molar-refractivity contribution in [3.63, 3.8) is 0 Å². The van der Waals surface area contributed by atoms with Crippen LogP contribution in [-0.4, -0.2) is 44.6 Å². The summed E-state index contributed by atoms with van der Waals surface area (Å²) in [4.78, 5) is 29.2. The van der Waals surface area contributed by atoms with Gasteiger partial charge in [0.15, 0.2) is 6.61 Å². The molecule has 0 spiro atoms. The third-order valence-corrected chi connectivity index (χ3v) is 3.82. The van der Waals surface area contributed by atoms with Crippen molar-refractivity contribution in [2.45, 2.75) is 32.4 Å². The van der Waals surface area contributed by atoms with Crippen LogP contribution in [0.3, 0.4) is 0 Å². The summed E-state index contributed by atoms with van der Waals surface area (Å²) in [7, 11) is 0. The molecule has 8 nitrogen and oxygen atoms in total. The van der Waals surface area contributed by atoms with Gasteiger partial charge in [0.2, 0.25) is 11.7 Å². The van der Waals surface area contributed by atoms with E-state index in [9.17, 15) is 14.7 Å². The molecule has 2 aromatic rings. The molecule has 1 amide bonds. The molecule has 24 heavy (non-hydrogen) atoms. The minimum Gasteiger partial charge on any atom is -0.485 e. The molecule has 0 bridgehead atoms. The molecule has 1 N–H and O–H groups in total. The molecule has 1 atom stereocenters. The zero-order valence-corrected chi connectivity index (χ0v) is 13.1. The number of ether oxygens (including phenoxy) is 1. The minimum atomic E-state index is -0.972. The van der Waals surface area contributed by atoms with E-state index in [0.717, 1.165) is 0 Å². The Labute approximate surface area is 138 Å². The minimum absolute atomic E-state index is 0.121. The SMILES string of the molecule is Cc1nc(COc2cccc(C(=O)N3CCC[C@H]3C(=O)O)c2)no1. The Hall–Kier alpha value is -2.90. The molecule has 0 radical (unpaired) electrons. The first kappa shape index (κ1) is 16.0. The third-order valence-electron chi connectivity index (χ3n) is 3.82. The van der Waals surface area contributed by atoms with Crippen LogP contribution in [0, 0.1) is 6.92 Å². The zero-order valence-electron chi connectivity index (χ0n) is 13.1. The van der Waals surface area contributed by atoms with Crippen molar-refractivity contribution in [1.29, 1.82) is 0 Å². The van der Waals surface area contributed by atoms with Crippen molar-refractivity contribution < 1.29 is 24.0 Å². The lowest BCUT2D eigenvalue weighted by Gasteiger charge is -2.21. The Bertz CT molecular complexity index is 758. The summed E-state index contributed by atoms with van der Waals surface area (Å²) in [5.74, 6) is 0.0665. The summed E-state index contributed by atoms with van der Waals surface area (Å²) in [5.41, 5.74) is 0.393. The van der Waals surface area contributed by atoms with Gasteiger partial charge < -0.3 is 19.3 Å². The largest absolute Gasteiger partial charge is 0.485 e. The Balaban J connectivity index is 1.70. The number of carbonyl (C=O) groups is 2. The number of benzene rings is 1. The Kier molecular flexibility index (Phi) is 4.45. The van der Waals surface area contributed by atoms with Crippen molar-refractivity contribution >= 4 is 11.9 Å². The summed E-state index contributed by atoms with van der Waals surface area (Å²) >= 11 is 0. The number of amides is 1. The average Bonchev–Trinajstić information content (AvgIpc) is 3.21. The quantitative estimate of drug-likeness (QED) is 0.887. The number of carboxylic acids is 1. The van der Waals surface area contributed by atoms with E-state index >= 15 is 0 Å². The van der Waals surface area contributed by atoms with E-state index in [-0.39, 0.29) is 12.5 Å². The average molecular weight is 331 g/mol. The Morgan fingerprint density at radius 3 is 3.00 bits per heavy atom. The molecule has 0 unspecified atom stereocenters. The van der Waals surface area contributed by atoms with Gasteiger partial charge in [-0.1, -0.05) is 11.2 Å². The predicted octanol–water partition coefficient (Wildman–Crippen LogP) is 1.65. The lowest BCUT2D eigenvalue weighted by atomic mass is 10.1. The molecule has 1 fully saturated rings. The van der Waals surface area contributed by atoms with Gasteiger partial charge in [-0.3, -0.25) is 4.79 Å². The molecule has 0 saturated carbocycles. The molecule has 1 aromatic heterocycles. The van der Waals surface area contributed by atoms with Crippen molar-refractivity contribution in [3.05, 3.63) is 41.5 Å². The number of aliphatic carboxylic acids is 1. The van der Waals surface area contributed by atoms with Crippen molar-refractivity contribution in [2.24, 2.45) is 0 Å². The standard InChI is InChI=1S/C16H17N3O5/c1-10-17-14(18-24-10)9-23-12-5-2-4-11(8-12)15(20)19-7-3-6-13(19)16(21)22/h2,4-5,8,13H,3,6-7,9H2,1H3,(H,21,22)/t13-/m0/s1. The van der Waals surface area contributed by atoms with E-state index in [0.29, 0.717) is 42.4 Å². The second-order valence-corrected chi connectivity index (χ2v) is 5.54. The molecule has 1 aliphatic heterocycles. The summed E-state index contributed by atoms with van der Waals surface area (Å²) in [6.45, 7) is 2.25. The van der Waals surface area contributed by atoms with Gasteiger partial charge >= 0.3 is 5.97 Å². The highest BCUT2D eigenvalue weighted by molar-refractivity contribution is 5.97. The fraction of sp³-hybridized carbons (Fsp3) is 0.375. The number of hydrogen-bond acceptors (Lipinski definition) is 6. The third kappa shape index (κ3) is 3.37. The molecular weight excluding hydrogens is 314 g/mol. The van der Waals surface area contributed by atoms with E-state index < -0.39 is 12.0 Å². The van der Waals surface area contributed by atoms with Crippen LogP contribution in [0.15, 0.2) is 28.8 Å². The van der Waals surface area contributed by atoms with Gasteiger partial charge in [0.05, 0.1) is 0 Å². The van der Waals surface area contributed by atoms with Gasteiger partial charge in [0.25, 0.3) is 5.91 Å². The van der Waals surface area contributed by atoms with Gasteiger partial charge in [-0.2, -0.15) is 4.98 Å². The van der Waals surface area contributed by atoms with Gasteiger partial charge in [0.1, 0.15) is 11.8 Å². The van der Waals surface area contributed by atoms with E-state index in [1.54, 1.807) is 31.2 Å². The van der Waals surface area contributed by atoms with Gasteiger partial charge in [0, 0.05) is 19.0 Å². The molecule has 126 valence electrons. The maximum Gasteiger partial charge on any atom is 0.326 e. The number of carbonyl (C=O) groups excluding carboxylic acids is 1. The van der Waals surface area contributed by atoms with Crippen LogP contribution < -0.4 is 4.74 Å². The maximum absolute atomic E-state index is 12.6. The van der Waals surface area contributed by atoms with Crippen molar-refractivity contribution in [3.8, 4) is 5.75 Å². The van der Waals surface area contributed by atoms with Crippen LogP contribution in [0.5, 0.6) is 5.75 Å². The number of likely N-dealkylation sites (tertiary alicyclic amines) is 1. The van der Waals surface area contributed by atoms with Crippen LogP contribution in [0.25, 0.3) is 0 Å². The van der Waals surface area contributed by atoms with Crippen LogP contribution in [0.2, 0.25) is 0 Å². The monoisotopic (exact) mass is 331 g/mol. The lowest BCUT2D eigenvalue weighted by Crippen LogP contribution is -2.40. The number of carboxylic acid groups (broad SMARTS) is 1. The topological polar surface area (TPSA) is 106 Å². The van der Waals surface area contributed by atoms with Gasteiger partial charge in [-0.15, -0.1) is 0 Å². The fourth-order valence-electron chi connectivity index (χ4n) is 2.70. The van der Waals surface area contributed by atoms with Crippen molar-refractivity contribution in [2.75, 3.05) is 6.54 Å². The van der Waals surface area contributed by atoms with E-state index in [1.165, 1.54) is 4.90 Å². The first-order valence-corrected chi connectivity index (χ1v) is 7.60. The fourth-order valence-corrected chi connectivity index (χ4v) is 2.70. The highest BCUT2D eigenvalue weighted by Crippen LogP contribution is 2.22. The molecule has 1 aromatic carbocycles. The normalized spacial score (nSPS) is 17.0. The van der Waals surface area contributed by atoms with Gasteiger partial charge in [-0.05, 0) is 31.0 Å². The number of hydrogen-bond donors (Lipinski definition) is 1. The smallest absolute Gasteiger partial charge is 0.326 e. The van der Waals surface area contributed by atoms with E-state index in [4.69, 9.17) is 9.26 Å². The molecule has 8 heteroatoms. The van der Waals surface area contributed by atoms with Crippen LogP contribution in [0.4, 0.5) is 0 Å². The number of aromatic nitrogens is 2.